The summed E-state index contributed by atoms with van der Waals surface area (Å²) in [6, 6.07) is 0. The summed E-state index contributed by atoms with van der Waals surface area (Å²) >= 11 is 1.43. The first kappa shape index (κ1) is 15.7. The molecule has 1 amide bonds. The highest BCUT2D eigenvalue weighted by molar-refractivity contribution is 7.17. The summed E-state index contributed by atoms with van der Waals surface area (Å²) in [5.74, 6) is -0.370. The lowest BCUT2D eigenvalue weighted by atomic mass is 10.2. The second-order valence-corrected chi connectivity index (χ2v) is 6.38. The number of thiazole rings is 1. The third-order valence-corrected chi connectivity index (χ3v) is 4.55. The highest BCUT2D eigenvalue weighted by atomic mass is 32.1. The van der Waals surface area contributed by atoms with Crippen LogP contribution in [0.25, 0.3) is 4.96 Å². The van der Waals surface area contributed by atoms with Crippen molar-refractivity contribution in [2.24, 2.45) is 0 Å². The van der Waals surface area contributed by atoms with Crippen LogP contribution in [0.4, 0.5) is 0 Å². The van der Waals surface area contributed by atoms with E-state index < -0.39 is 6.10 Å². The zero-order valence-electron chi connectivity index (χ0n) is 12.6. The second kappa shape index (κ2) is 5.95. The Bertz CT molecular complexity index is 733. The Morgan fingerprint density at radius 1 is 1.52 bits per heavy atom. The predicted octanol–water partition coefficient (Wildman–Crippen LogP) is 1.22. The number of carbonyl (C=O) groups is 1. The van der Waals surface area contributed by atoms with Crippen molar-refractivity contribution in [3.8, 4) is 0 Å². The number of nitrogens with zero attached hydrogens (tertiary/aromatic N) is 3. The molecule has 0 aromatic carbocycles. The van der Waals surface area contributed by atoms with Crippen LogP contribution in [0.5, 0.6) is 0 Å². The van der Waals surface area contributed by atoms with E-state index in [1.165, 1.54) is 26.8 Å². The van der Waals surface area contributed by atoms with Gasteiger partial charge in [0.2, 0.25) is 0 Å². The number of hydrogen-bond acceptors (Lipinski definition) is 5. The van der Waals surface area contributed by atoms with Gasteiger partial charge in [0, 0.05) is 30.4 Å². The Hall–Kier alpha value is -1.73. The lowest BCUT2D eigenvalue weighted by Crippen LogP contribution is -2.34. The van der Waals surface area contributed by atoms with Gasteiger partial charge in [-0.3, -0.25) is 14.0 Å². The molecule has 114 valence electrons. The Labute approximate surface area is 126 Å². The first-order valence-corrected chi connectivity index (χ1v) is 7.56. The maximum Gasteiger partial charge on any atom is 0.271 e. The van der Waals surface area contributed by atoms with Gasteiger partial charge in [-0.25, -0.2) is 4.98 Å². The molecule has 0 aliphatic heterocycles. The molecular weight excluding hydrogens is 290 g/mol. The number of amides is 1. The van der Waals surface area contributed by atoms with Crippen LogP contribution in [-0.4, -0.2) is 45.0 Å². The minimum atomic E-state index is -0.483. The summed E-state index contributed by atoms with van der Waals surface area (Å²) in [6.07, 6.45) is 1.33. The summed E-state index contributed by atoms with van der Waals surface area (Å²) in [7, 11) is 1.62. The van der Waals surface area contributed by atoms with Gasteiger partial charge in [0.05, 0.1) is 6.10 Å². The van der Waals surface area contributed by atoms with E-state index in [2.05, 4.69) is 4.98 Å². The maximum absolute atomic E-state index is 12.5. The quantitative estimate of drug-likeness (QED) is 0.921. The van der Waals surface area contributed by atoms with Crippen LogP contribution < -0.4 is 5.56 Å². The highest BCUT2D eigenvalue weighted by Gasteiger charge is 2.19. The average molecular weight is 309 g/mol. The number of aliphatic hydroxyl groups is 1. The van der Waals surface area contributed by atoms with Gasteiger partial charge >= 0.3 is 0 Å². The van der Waals surface area contributed by atoms with Gasteiger partial charge in [-0.15, -0.1) is 11.3 Å². The van der Waals surface area contributed by atoms with Gasteiger partial charge < -0.3 is 10.0 Å². The molecule has 1 atom stereocenters. The minimum absolute atomic E-state index is 0.0569. The smallest absolute Gasteiger partial charge is 0.271 e. The van der Waals surface area contributed by atoms with Crippen molar-refractivity contribution in [2.75, 3.05) is 13.6 Å². The van der Waals surface area contributed by atoms with Crippen molar-refractivity contribution >= 4 is 22.2 Å². The summed E-state index contributed by atoms with van der Waals surface area (Å²) < 4.78 is 1.48. The van der Waals surface area contributed by atoms with Gasteiger partial charge in [-0.2, -0.15) is 0 Å². The molecular formula is C14H19N3O3S. The maximum atomic E-state index is 12.5. The van der Waals surface area contributed by atoms with E-state index >= 15 is 0 Å². The van der Waals surface area contributed by atoms with E-state index in [4.69, 9.17) is 0 Å². The molecule has 7 heteroatoms. The molecule has 21 heavy (non-hydrogen) atoms. The normalized spacial score (nSPS) is 12.6. The molecule has 2 rings (SSSR count). The van der Waals surface area contributed by atoms with Gasteiger partial charge in [0.1, 0.15) is 5.56 Å². The fraction of sp³-hybridized carbons (Fsp3) is 0.500. The number of aryl methyl sites for hydroxylation is 2. The molecule has 2 aromatic heterocycles. The minimum Gasteiger partial charge on any atom is -0.393 e. The van der Waals surface area contributed by atoms with E-state index in [-0.39, 0.29) is 17.0 Å². The van der Waals surface area contributed by atoms with Crippen molar-refractivity contribution in [1.29, 1.82) is 0 Å². The first-order chi connectivity index (χ1) is 9.82. The van der Waals surface area contributed by atoms with Gasteiger partial charge in [-0.1, -0.05) is 0 Å². The molecule has 0 radical (unpaired) electrons. The van der Waals surface area contributed by atoms with Gasteiger partial charge in [0.25, 0.3) is 11.5 Å². The fourth-order valence-corrected chi connectivity index (χ4v) is 2.94. The molecule has 2 heterocycles. The zero-order valence-corrected chi connectivity index (χ0v) is 13.4. The third-order valence-electron chi connectivity index (χ3n) is 3.48. The molecule has 0 aliphatic rings. The van der Waals surface area contributed by atoms with Crippen LogP contribution in [0.2, 0.25) is 0 Å². The van der Waals surface area contributed by atoms with E-state index in [9.17, 15) is 14.7 Å². The van der Waals surface area contributed by atoms with Crippen molar-refractivity contribution in [3.63, 3.8) is 0 Å². The van der Waals surface area contributed by atoms with Crippen LogP contribution in [0.3, 0.4) is 0 Å². The lowest BCUT2D eigenvalue weighted by molar-refractivity contribution is 0.0766. The Morgan fingerprint density at radius 2 is 2.19 bits per heavy atom. The van der Waals surface area contributed by atoms with Crippen LogP contribution >= 0.6 is 11.3 Å². The largest absolute Gasteiger partial charge is 0.393 e. The topological polar surface area (TPSA) is 74.9 Å². The third kappa shape index (κ3) is 2.98. The Kier molecular flexibility index (Phi) is 4.43. The molecule has 0 fully saturated rings. The number of rotatable bonds is 4. The molecule has 0 saturated heterocycles. The number of fused-ring (bicyclic) bond motifs is 1. The molecule has 0 spiro atoms. The number of aliphatic hydroxyl groups excluding tert-OH is 1. The predicted molar refractivity (Wildman–Crippen MR) is 82.1 cm³/mol. The van der Waals surface area contributed by atoms with Crippen LogP contribution in [-0.2, 0) is 0 Å². The zero-order chi connectivity index (χ0) is 15.7. The average Bonchev–Trinajstić information content (AvgIpc) is 2.72. The second-order valence-electron chi connectivity index (χ2n) is 5.20. The first-order valence-electron chi connectivity index (χ1n) is 6.74. The van der Waals surface area contributed by atoms with E-state index in [0.29, 0.717) is 17.9 Å². The van der Waals surface area contributed by atoms with Crippen molar-refractivity contribution in [3.05, 3.63) is 32.7 Å². The molecule has 2 aromatic rings. The van der Waals surface area contributed by atoms with Crippen LogP contribution in [0, 0.1) is 13.8 Å². The number of aromatic nitrogens is 2. The Morgan fingerprint density at radius 3 is 2.81 bits per heavy atom. The summed E-state index contributed by atoms with van der Waals surface area (Å²) in [4.78, 5) is 32.1. The van der Waals surface area contributed by atoms with Crippen molar-refractivity contribution in [1.82, 2.24) is 14.3 Å². The van der Waals surface area contributed by atoms with Gasteiger partial charge in [-0.05, 0) is 27.2 Å². The van der Waals surface area contributed by atoms with Crippen molar-refractivity contribution in [2.45, 2.75) is 33.3 Å². The van der Waals surface area contributed by atoms with Crippen LogP contribution in [0.15, 0.2) is 11.0 Å². The molecule has 1 unspecified atom stereocenters. The monoisotopic (exact) mass is 309 g/mol. The summed E-state index contributed by atoms with van der Waals surface area (Å²) in [5.41, 5.74) is 0.533. The van der Waals surface area contributed by atoms with Gasteiger partial charge in [0.15, 0.2) is 4.96 Å². The van der Waals surface area contributed by atoms with Crippen molar-refractivity contribution < 1.29 is 9.90 Å². The molecule has 0 aliphatic carbocycles. The number of hydrogen-bond donors (Lipinski definition) is 1. The summed E-state index contributed by atoms with van der Waals surface area (Å²) in [5, 5.41) is 9.27. The van der Waals surface area contributed by atoms with E-state index in [1.807, 2.05) is 13.8 Å². The standard InChI is InChI=1S/C14H19N3O3S/c1-8(18)5-6-16(4)12(19)11-7-15-14-17(13(11)20)9(2)10(3)21-14/h7-8,18H,5-6H2,1-4H3. The van der Waals surface area contributed by atoms with E-state index in [0.717, 1.165) is 10.6 Å². The summed E-state index contributed by atoms with van der Waals surface area (Å²) in [6.45, 7) is 5.82. The molecule has 0 bridgehead atoms. The molecule has 6 nitrogen and oxygen atoms in total. The molecule has 0 saturated carbocycles. The molecule has 1 N–H and O–H groups in total. The number of carbonyl (C=O) groups excluding carboxylic acids is 1. The van der Waals surface area contributed by atoms with E-state index in [1.54, 1.807) is 14.0 Å². The highest BCUT2D eigenvalue weighted by Crippen LogP contribution is 2.18. The SMILES string of the molecule is Cc1sc2ncc(C(=O)N(C)CCC(C)O)c(=O)n2c1C. The van der Waals surface area contributed by atoms with Crippen LogP contribution in [0.1, 0.15) is 34.3 Å². The lowest BCUT2D eigenvalue weighted by Gasteiger charge is -2.17. The fourth-order valence-electron chi connectivity index (χ4n) is 2.01. The Balaban J connectivity index is 2.38.